The van der Waals surface area contributed by atoms with Gasteiger partial charge >= 0.3 is 0 Å². The molecular weight excluding hydrogens is 457 g/mol. The monoisotopic (exact) mass is 471 g/mol. The lowest BCUT2D eigenvalue weighted by Crippen LogP contribution is -2.31. The third-order valence-electron chi connectivity index (χ3n) is 3.91. The standard InChI is InChI=1S/C20H14IN3OS/c21-16-9-2-1-8-15(16)19(25)24(13-14-7-5-6-12-22-14)20-23-17-10-3-4-11-18(17)26-20/h1-12H,13H2. The first-order chi connectivity index (χ1) is 12.7. The van der Waals surface area contributed by atoms with Crippen LogP contribution >= 0.6 is 33.9 Å². The van der Waals surface area contributed by atoms with Gasteiger partial charge in [0, 0.05) is 9.77 Å². The van der Waals surface area contributed by atoms with Gasteiger partial charge in [-0.25, -0.2) is 4.98 Å². The molecule has 0 fully saturated rings. The second-order valence-corrected chi connectivity index (χ2v) is 7.83. The Morgan fingerprint density at radius 2 is 1.77 bits per heavy atom. The van der Waals surface area contributed by atoms with Crippen LogP contribution in [0.3, 0.4) is 0 Å². The van der Waals surface area contributed by atoms with Crippen molar-refractivity contribution in [3.63, 3.8) is 0 Å². The summed E-state index contributed by atoms with van der Waals surface area (Å²) in [6, 6.07) is 21.2. The number of thiazole rings is 1. The average Bonchev–Trinajstić information content (AvgIpc) is 3.10. The van der Waals surface area contributed by atoms with Crippen LogP contribution < -0.4 is 4.90 Å². The number of benzene rings is 2. The zero-order chi connectivity index (χ0) is 17.9. The van der Waals surface area contributed by atoms with E-state index in [0.29, 0.717) is 17.2 Å². The number of nitrogens with zero attached hydrogens (tertiary/aromatic N) is 3. The van der Waals surface area contributed by atoms with Gasteiger partial charge in [0.25, 0.3) is 5.91 Å². The molecule has 26 heavy (non-hydrogen) atoms. The highest BCUT2D eigenvalue weighted by Gasteiger charge is 2.23. The van der Waals surface area contributed by atoms with Crippen LogP contribution in [-0.4, -0.2) is 15.9 Å². The molecule has 0 spiro atoms. The smallest absolute Gasteiger partial charge is 0.261 e. The van der Waals surface area contributed by atoms with Crippen molar-refractivity contribution in [1.82, 2.24) is 9.97 Å². The first-order valence-electron chi connectivity index (χ1n) is 8.04. The van der Waals surface area contributed by atoms with E-state index in [0.717, 1.165) is 19.5 Å². The predicted octanol–water partition coefficient (Wildman–Crippen LogP) is 5.14. The number of hydrogen-bond acceptors (Lipinski definition) is 4. The number of halogens is 1. The van der Waals surface area contributed by atoms with Crippen molar-refractivity contribution >= 4 is 55.2 Å². The summed E-state index contributed by atoms with van der Waals surface area (Å²) in [6.45, 7) is 0.379. The van der Waals surface area contributed by atoms with Crippen LogP contribution in [0.2, 0.25) is 0 Å². The number of carbonyl (C=O) groups excluding carboxylic acids is 1. The first kappa shape index (κ1) is 17.1. The lowest BCUT2D eigenvalue weighted by molar-refractivity contribution is 0.0984. The highest BCUT2D eigenvalue weighted by atomic mass is 127. The summed E-state index contributed by atoms with van der Waals surface area (Å²) in [4.78, 5) is 24.1. The van der Waals surface area contributed by atoms with Crippen molar-refractivity contribution in [2.75, 3.05) is 4.90 Å². The molecule has 1 amide bonds. The Hall–Kier alpha value is -2.32. The molecule has 0 N–H and O–H groups in total. The lowest BCUT2D eigenvalue weighted by atomic mass is 10.2. The van der Waals surface area contributed by atoms with Crippen LogP contribution in [-0.2, 0) is 6.54 Å². The van der Waals surface area contributed by atoms with Crippen molar-refractivity contribution in [3.8, 4) is 0 Å². The maximum atomic E-state index is 13.3. The average molecular weight is 471 g/mol. The molecule has 4 aromatic rings. The second-order valence-electron chi connectivity index (χ2n) is 5.66. The number of rotatable bonds is 4. The van der Waals surface area contributed by atoms with Gasteiger partial charge in [0.05, 0.1) is 28.0 Å². The molecule has 0 atom stereocenters. The van der Waals surface area contributed by atoms with Crippen molar-refractivity contribution in [3.05, 3.63) is 87.8 Å². The van der Waals surface area contributed by atoms with Gasteiger partial charge in [0.2, 0.25) is 0 Å². The van der Waals surface area contributed by atoms with E-state index in [1.807, 2.05) is 66.7 Å². The van der Waals surface area contributed by atoms with Gasteiger partial charge in [0.1, 0.15) is 0 Å². The molecule has 2 heterocycles. The fraction of sp³-hybridized carbons (Fsp3) is 0.0500. The Balaban J connectivity index is 1.78. The molecule has 128 valence electrons. The summed E-state index contributed by atoms with van der Waals surface area (Å²) in [6.07, 6.45) is 1.74. The largest absolute Gasteiger partial charge is 0.278 e. The minimum absolute atomic E-state index is 0.0697. The quantitative estimate of drug-likeness (QED) is 0.387. The molecule has 0 aliphatic carbocycles. The second kappa shape index (κ2) is 7.51. The number of para-hydroxylation sites is 1. The predicted molar refractivity (Wildman–Crippen MR) is 114 cm³/mol. The molecule has 0 unspecified atom stereocenters. The first-order valence-corrected chi connectivity index (χ1v) is 9.94. The zero-order valence-electron chi connectivity index (χ0n) is 13.7. The van der Waals surface area contributed by atoms with E-state index in [1.165, 1.54) is 11.3 Å². The third kappa shape index (κ3) is 3.47. The number of amides is 1. The maximum Gasteiger partial charge on any atom is 0.261 e. The maximum absolute atomic E-state index is 13.3. The van der Waals surface area contributed by atoms with E-state index in [-0.39, 0.29) is 5.91 Å². The third-order valence-corrected chi connectivity index (χ3v) is 5.91. The molecule has 0 aliphatic heterocycles. The molecule has 2 aromatic heterocycles. The SMILES string of the molecule is O=C(c1ccccc1I)N(Cc1ccccn1)c1nc2ccccc2s1. The molecule has 4 rings (SSSR count). The number of anilines is 1. The van der Waals surface area contributed by atoms with Crippen molar-refractivity contribution in [1.29, 1.82) is 0 Å². The topological polar surface area (TPSA) is 46.1 Å². The molecule has 0 saturated carbocycles. The highest BCUT2D eigenvalue weighted by Crippen LogP contribution is 2.31. The number of fused-ring (bicyclic) bond motifs is 1. The van der Waals surface area contributed by atoms with Gasteiger partial charge in [-0.1, -0.05) is 41.7 Å². The molecule has 2 aromatic carbocycles. The molecule has 6 heteroatoms. The lowest BCUT2D eigenvalue weighted by Gasteiger charge is -2.20. The minimum Gasteiger partial charge on any atom is -0.278 e. The number of aromatic nitrogens is 2. The molecule has 0 radical (unpaired) electrons. The van der Waals surface area contributed by atoms with Crippen molar-refractivity contribution in [2.24, 2.45) is 0 Å². The Bertz CT molecular complexity index is 1030. The Morgan fingerprint density at radius 3 is 2.54 bits per heavy atom. The zero-order valence-corrected chi connectivity index (χ0v) is 16.6. The van der Waals surface area contributed by atoms with E-state index in [2.05, 4.69) is 32.6 Å². The number of carbonyl (C=O) groups is 1. The number of hydrogen-bond donors (Lipinski definition) is 0. The fourth-order valence-corrected chi connectivity index (χ4v) is 4.22. The molecule has 0 aliphatic rings. The van der Waals surface area contributed by atoms with Gasteiger partial charge in [0.15, 0.2) is 5.13 Å². The van der Waals surface area contributed by atoms with Crippen LogP contribution in [0.15, 0.2) is 72.9 Å². The number of pyridine rings is 1. The van der Waals surface area contributed by atoms with E-state index in [4.69, 9.17) is 0 Å². The fourth-order valence-electron chi connectivity index (χ4n) is 2.64. The molecular formula is C20H14IN3OS. The van der Waals surface area contributed by atoms with Gasteiger partial charge in [-0.3, -0.25) is 14.7 Å². The molecule has 0 saturated heterocycles. The van der Waals surface area contributed by atoms with Crippen LogP contribution in [0.25, 0.3) is 10.2 Å². The van der Waals surface area contributed by atoms with Gasteiger partial charge in [-0.05, 0) is 59.0 Å². The van der Waals surface area contributed by atoms with E-state index in [1.54, 1.807) is 11.1 Å². The van der Waals surface area contributed by atoms with Crippen LogP contribution in [0.5, 0.6) is 0 Å². The minimum atomic E-state index is -0.0697. The molecule has 0 bridgehead atoms. The van der Waals surface area contributed by atoms with E-state index in [9.17, 15) is 4.79 Å². The van der Waals surface area contributed by atoms with E-state index < -0.39 is 0 Å². The summed E-state index contributed by atoms with van der Waals surface area (Å²) >= 11 is 3.71. The normalized spacial score (nSPS) is 10.8. The Morgan fingerprint density at radius 1 is 1.00 bits per heavy atom. The van der Waals surface area contributed by atoms with E-state index >= 15 is 0 Å². The Kier molecular flexibility index (Phi) is 4.94. The van der Waals surface area contributed by atoms with Crippen LogP contribution in [0, 0.1) is 3.57 Å². The summed E-state index contributed by atoms with van der Waals surface area (Å²) in [5.74, 6) is -0.0697. The summed E-state index contributed by atoms with van der Waals surface area (Å²) in [5, 5.41) is 0.682. The van der Waals surface area contributed by atoms with Crippen LogP contribution in [0.4, 0.5) is 5.13 Å². The van der Waals surface area contributed by atoms with Crippen molar-refractivity contribution in [2.45, 2.75) is 6.54 Å². The summed E-state index contributed by atoms with van der Waals surface area (Å²) in [7, 11) is 0. The van der Waals surface area contributed by atoms with Crippen molar-refractivity contribution < 1.29 is 4.79 Å². The van der Waals surface area contributed by atoms with Gasteiger partial charge in [-0.15, -0.1) is 0 Å². The Labute approximate surface area is 168 Å². The van der Waals surface area contributed by atoms with Crippen LogP contribution in [0.1, 0.15) is 16.1 Å². The summed E-state index contributed by atoms with van der Waals surface area (Å²) in [5.41, 5.74) is 2.39. The van der Waals surface area contributed by atoms with Gasteiger partial charge < -0.3 is 0 Å². The highest BCUT2D eigenvalue weighted by molar-refractivity contribution is 14.1. The molecule has 4 nitrogen and oxygen atoms in total. The summed E-state index contributed by atoms with van der Waals surface area (Å²) < 4.78 is 1.98. The van der Waals surface area contributed by atoms with Gasteiger partial charge in [-0.2, -0.15) is 0 Å².